The quantitative estimate of drug-likeness (QED) is 0.420. The van der Waals surface area contributed by atoms with Crippen molar-refractivity contribution < 1.29 is 13.9 Å². The number of benzene rings is 1. The minimum absolute atomic E-state index is 0.245. The average Bonchev–Trinajstić information content (AvgIpc) is 3.27. The van der Waals surface area contributed by atoms with E-state index in [2.05, 4.69) is 38.8 Å². The summed E-state index contributed by atoms with van der Waals surface area (Å²) in [5.41, 5.74) is 2.42. The Labute approximate surface area is 214 Å². The van der Waals surface area contributed by atoms with Gasteiger partial charge in [0, 0.05) is 25.5 Å². The molecule has 3 aliphatic rings. The van der Waals surface area contributed by atoms with Crippen LogP contribution in [0, 0.1) is 29.0 Å². The number of fused-ring (bicyclic) bond motifs is 3. The maximum absolute atomic E-state index is 15.0. The van der Waals surface area contributed by atoms with Crippen LogP contribution in [0.15, 0.2) is 30.6 Å². The smallest absolute Gasteiger partial charge is 0.213 e. The SMILES string of the molecule is C[C@H]1CC2(CCN(c3nc4[nH]nc(C#Cc5cccc(OCC6CC6)c5F)c4c4nccn34)CC2)CO1. The fourth-order valence-electron chi connectivity index (χ4n) is 5.66. The van der Waals surface area contributed by atoms with Gasteiger partial charge in [0.2, 0.25) is 5.95 Å². The number of nitrogens with one attached hydrogen (secondary N) is 1. The van der Waals surface area contributed by atoms with Crippen molar-refractivity contribution in [3.63, 3.8) is 0 Å². The number of piperidine rings is 1. The molecule has 0 radical (unpaired) electrons. The van der Waals surface area contributed by atoms with Crippen molar-refractivity contribution in [2.24, 2.45) is 11.3 Å². The topological polar surface area (TPSA) is 80.6 Å². The lowest BCUT2D eigenvalue weighted by atomic mass is 9.77. The van der Waals surface area contributed by atoms with Crippen molar-refractivity contribution in [3.8, 4) is 17.6 Å². The summed E-state index contributed by atoms with van der Waals surface area (Å²) >= 11 is 0. The first-order valence-corrected chi connectivity index (χ1v) is 13.1. The lowest BCUT2D eigenvalue weighted by Crippen LogP contribution is -2.41. The van der Waals surface area contributed by atoms with E-state index in [9.17, 15) is 4.39 Å². The van der Waals surface area contributed by atoms with Crippen LogP contribution in [0.4, 0.5) is 10.3 Å². The van der Waals surface area contributed by atoms with Crippen LogP contribution in [-0.2, 0) is 4.74 Å². The second kappa shape index (κ2) is 8.73. The Bertz CT molecular complexity index is 1540. The molecule has 3 fully saturated rings. The Morgan fingerprint density at radius 1 is 1.24 bits per heavy atom. The molecule has 1 spiro atoms. The molecule has 7 rings (SSSR count). The van der Waals surface area contributed by atoms with Crippen LogP contribution in [0.2, 0.25) is 0 Å². The van der Waals surface area contributed by atoms with Gasteiger partial charge in [-0.1, -0.05) is 12.0 Å². The highest BCUT2D eigenvalue weighted by atomic mass is 19.1. The number of aromatic nitrogens is 5. The van der Waals surface area contributed by atoms with E-state index in [0.717, 1.165) is 68.8 Å². The monoisotopic (exact) mass is 500 g/mol. The number of hydrogen-bond acceptors (Lipinski definition) is 6. The Morgan fingerprint density at radius 3 is 2.89 bits per heavy atom. The summed E-state index contributed by atoms with van der Waals surface area (Å²) in [6.07, 6.45) is 9.64. The van der Waals surface area contributed by atoms with Gasteiger partial charge in [0.25, 0.3) is 0 Å². The van der Waals surface area contributed by atoms with Gasteiger partial charge in [0.15, 0.2) is 22.9 Å². The average molecular weight is 501 g/mol. The molecular formula is C28H29FN6O2. The van der Waals surface area contributed by atoms with Crippen molar-refractivity contribution >= 4 is 22.6 Å². The number of imidazole rings is 1. The summed E-state index contributed by atoms with van der Waals surface area (Å²) in [6.45, 7) is 5.41. The van der Waals surface area contributed by atoms with Crippen LogP contribution in [0.5, 0.6) is 5.75 Å². The van der Waals surface area contributed by atoms with Crippen LogP contribution in [0.25, 0.3) is 16.7 Å². The lowest BCUT2D eigenvalue weighted by Gasteiger charge is -2.39. The molecule has 4 aromatic rings. The zero-order valence-electron chi connectivity index (χ0n) is 20.8. The molecule has 0 bridgehead atoms. The molecule has 9 heteroatoms. The van der Waals surface area contributed by atoms with E-state index in [1.165, 1.54) is 0 Å². The van der Waals surface area contributed by atoms with Crippen molar-refractivity contribution in [1.82, 2.24) is 24.6 Å². The first kappa shape index (κ1) is 22.5. The summed E-state index contributed by atoms with van der Waals surface area (Å²) in [4.78, 5) is 11.8. The zero-order chi connectivity index (χ0) is 25.0. The fraction of sp³-hybridized carbons (Fsp3) is 0.464. The molecule has 2 saturated heterocycles. The summed E-state index contributed by atoms with van der Waals surface area (Å²) in [7, 11) is 0. The minimum atomic E-state index is -0.438. The normalized spacial score (nSPS) is 21.0. The number of nitrogens with zero attached hydrogens (tertiary/aromatic N) is 5. The van der Waals surface area contributed by atoms with E-state index in [0.29, 0.717) is 35.4 Å². The molecule has 1 saturated carbocycles. The second-order valence-electron chi connectivity index (χ2n) is 10.8. The van der Waals surface area contributed by atoms with E-state index in [-0.39, 0.29) is 11.3 Å². The van der Waals surface area contributed by atoms with Gasteiger partial charge < -0.3 is 14.4 Å². The van der Waals surface area contributed by atoms with Crippen molar-refractivity contribution in [2.75, 3.05) is 31.2 Å². The Kier molecular flexibility index (Phi) is 5.32. The van der Waals surface area contributed by atoms with Crippen LogP contribution in [0.1, 0.15) is 50.3 Å². The predicted octanol–water partition coefficient (Wildman–Crippen LogP) is 4.33. The standard InChI is InChI=1S/C28H29FN6O2/c1-18-15-28(17-37-18)9-12-34(13-10-28)27-31-25-23(26-30-11-14-35(26)27)21(32-33-25)8-7-20-3-2-4-22(24(20)29)36-16-19-5-6-19/h2-4,11,14,18-19H,5-6,9-10,12-13,15-17H2,1H3,(H,32,33)/t18-/m0/s1. The van der Waals surface area contributed by atoms with Gasteiger partial charge in [0.1, 0.15) is 5.69 Å². The lowest BCUT2D eigenvalue weighted by molar-refractivity contribution is 0.0975. The van der Waals surface area contributed by atoms with E-state index in [4.69, 9.17) is 14.5 Å². The van der Waals surface area contributed by atoms with Crippen molar-refractivity contribution in [2.45, 2.75) is 45.1 Å². The van der Waals surface area contributed by atoms with Gasteiger partial charge in [-0.3, -0.25) is 9.50 Å². The summed E-state index contributed by atoms with van der Waals surface area (Å²) in [6, 6.07) is 5.07. The highest BCUT2D eigenvalue weighted by Gasteiger charge is 2.41. The zero-order valence-corrected chi connectivity index (χ0v) is 20.8. The van der Waals surface area contributed by atoms with Gasteiger partial charge >= 0.3 is 0 Å². The summed E-state index contributed by atoms with van der Waals surface area (Å²) in [5, 5.41) is 8.16. The summed E-state index contributed by atoms with van der Waals surface area (Å²) < 4.78 is 28.5. The van der Waals surface area contributed by atoms with Gasteiger partial charge in [-0.2, -0.15) is 10.1 Å². The molecule has 190 valence electrons. The Balaban J connectivity index is 1.18. The molecule has 8 nitrogen and oxygen atoms in total. The van der Waals surface area contributed by atoms with E-state index >= 15 is 0 Å². The third-order valence-corrected chi connectivity index (χ3v) is 7.99. The largest absolute Gasteiger partial charge is 0.490 e. The van der Waals surface area contributed by atoms with Gasteiger partial charge in [-0.05, 0) is 68.4 Å². The molecule has 0 unspecified atom stereocenters. The van der Waals surface area contributed by atoms with Gasteiger partial charge in [-0.25, -0.2) is 9.37 Å². The predicted molar refractivity (Wildman–Crippen MR) is 137 cm³/mol. The number of H-pyrrole nitrogens is 1. The van der Waals surface area contributed by atoms with E-state index < -0.39 is 5.82 Å². The number of rotatable bonds is 4. The van der Waals surface area contributed by atoms with Crippen molar-refractivity contribution in [3.05, 3.63) is 47.7 Å². The number of anilines is 1. The van der Waals surface area contributed by atoms with Gasteiger partial charge in [-0.15, -0.1) is 0 Å². The molecule has 0 amide bonds. The fourth-order valence-corrected chi connectivity index (χ4v) is 5.66. The third kappa shape index (κ3) is 4.09. The Morgan fingerprint density at radius 2 is 2.11 bits per heavy atom. The van der Waals surface area contributed by atoms with Crippen LogP contribution >= 0.6 is 0 Å². The Hall–Kier alpha value is -3.64. The molecule has 1 aliphatic carbocycles. The highest BCUT2D eigenvalue weighted by molar-refractivity contribution is 5.94. The molecule has 5 heterocycles. The molecule has 1 atom stereocenters. The van der Waals surface area contributed by atoms with Crippen LogP contribution < -0.4 is 9.64 Å². The molecule has 37 heavy (non-hydrogen) atoms. The van der Waals surface area contributed by atoms with Crippen LogP contribution in [-0.4, -0.2) is 57.0 Å². The van der Waals surface area contributed by atoms with Crippen LogP contribution in [0.3, 0.4) is 0 Å². The first-order chi connectivity index (χ1) is 18.1. The molecule has 3 aromatic heterocycles. The van der Waals surface area contributed by atoms with Gasteiger partial charge in [0.05, 0.1) is 30.3 Å². The van der Waals surface area contributed by atoms with E-state index in [1.54, 1.807) is 24.4 Å². The minimum Gasteiger partial charge on any atom is -0.490 e. The first-order valence-electron chi connectivity index (χ1n) is 13.1. The molecule has 2 aliphatic heterocycles. The third-order valence-electron chi connectivity index (χ3n) is 7.99. The molecule has 1 aromatic carbocycles. The maximum atomic E-state index is 15.0. The molecular weight excluding hydrogens is 471 g/mol. The number of halogens is 1. The molecule has 1 N–H and O–H groups in total. The van der Waals surface area contributed by atoms with Crippen molar-refractivity contribution in [1.29, 1.82) is 0 Å². The maximum Gasteiger partial charge on any atom is 0.213 e. The number of ether oxygens (including phenoxy) is 2. The number of aromatic amines is 1. The second-order valence-corrected chi connectivity index (χ2v) is 10.8. The van der Waals surface area contributed by atoms with E-state index in [1.807, 2.05) is 10.6 Å². The number of hydrogen-bond donors (Lipinski definition) is 1. The summed E-state index contributed by atoms with van der Waals surface area (Å²) in [5.74, 6) is 7.18. The highest BCUT2D eigenvalue weighted by Crippen LogP contribution is 2.42.